The second-order valence-corrected chi connectivity index (χ2v) is 7.36. The van der Waals surface area contributed by atoms with Gasteiger partial charge in [-0.1, -0.05) is 0 Å². The van der Waals surface area contributed by atoms with Crippen molar-refractivity contribution in [1.29, 1.82) is 0 Å². The first-order chi connectivity index (χ1) is 11.8. The Morgan fingerprint density at radius 1 is 1.20 bits per heavy atom. The molecule has 0 unspecified atom stereocenters. The number of nitrogens with zero attached hydrogens (tertiary/aromatic N) is 4. The Labute approximate surface area is 163 Å². The number of halogens is 4. The molecule has 1 heterocycles. The molecule has 3 aromatic rings. The molecule has 1 N–H and O–H groups in total. The SMILES string of the molecule is Cc1cc(I)ccc1Nc1c(-n2nnn(C)c2=O)cc(Br)c(F)c1F. The van der Waals surface area contributed by atoms with Crippen LogP contribution in [0.15, 0.2) is 33.5 Å². The maximum absolute atomic E-state index is 14.6. The highest BCUT2D eigenvalue weighted by atomic mass is 127. The highest BCUT2D eigenvalue weighted by Crippen LogP contribution is 2.33. The number of anilines is 2. The van der Waals surface area contributed by atoms with E-state index in [0.717, 1.165) is 18.5 Å². The zero-order valence-corrected chi connectivity index (χ0v) is 16.8. The third-order valence-corrected chi connectivity index (χ3v) is 4.79. The lowest BCUT2D eigenvalue weighted by Gasteiger charge is -2.15. The van der Waals surface area contributed by atoms with Crippen LogP contribution >= 0.6 is 38.5 Å². The van der Waals surface area contributed by atoms with Gasteiger partial charge in [-0.3, -0.25) is 0 Å². The second-order valence-electron chi connectivity index (χ2n) is 5.26. The summed E-state index contributed by atoms with van der Waals surface area (Å²) in [5, 5.41) is 10.2. The minimum absolute atomic E-state index is 0.0434. The maximum Gasteiger partial charge on any atom is 0.368 e. The van der Waals surface area contributed by atoms with Gasteiger partial charge < -0.3 is 5.32 Å². The molecular weight excluding hydrogens is 511 g/mol. The Kier molecular flexibility index (Phi) is 4.91. The van der Waals surface area contributed by atoms with Gasteiger partial charge in [0.15, 0.2) is 11.6 Å². The summed E-state index contributed by atoms with van der Waals surface area (Å²) < 4.78 is 31.5. The summed E-state index contributed by atoms with van der Waals surface area (Å²) in [6, 6.07) is 6.75. The van der Waals surface area contributed by atoms with E-state index < -0.39 is 17.3 Å². The summed E-state index contributed by atoms with van der Waals surface area (Å²) in [7, 11) is 1.41. The van der Waals surface area contributed by atoms with Crippen molar-refractivity contribution >= 4 is 49.9 Å². The quantitative estimate of drug-likeness (QED) is 0.422. The van der Waals surface area contributed by atoms with E-state index in [4.69, 9.17) is 0 Å². The zero-order chi connectivity index (χ0) is 18.3. The Morgan fingerprint density at radius 2 is 1.92 bits per heavy atom. The summed E-state index contributed by atoms with van der Waals surface area (Å²) in [5.74, 6) is -2.19. The number of hydrogen-bond acceptors (Lipinski definition) is 4. The van der Waals surface area contributed by atoms with Gasteiger partial charge in [0.25, 0.3) is 0 Å². The molecule has 25 heavy (non-hydrogen) atoms. The monoisotopic (exact) mass is 521 g/mol. The normalized spacial score (nSPS) is 11.0. The summed E-state index contributed by atoms with van der Waals surface area (Å²) in [4.78, 5) is 12.1. The van der Waals surface area contributed by atoms with E-state index in [2.05, 4.69) is 54.3 Å². The molecule has 6 nitrogen and oxygen atoms in total. The molecule has 1 aromatic heterocycles. The van der Waals surface area contributed by atoms with Crippen LogP contribution in [-0.2, 0) is 7.05 Å². The van der Waals surface area contributed by atoms with Gasteiger partial charge in [0, 0.05) is 16.3 Å². The first-order valence-electron chi connectivity index (χ1n) is 6.99. The molecule has 0 spiro atoms. The molecule has 0 amide bonds. The van der Waals surface area contributed by atoms with Gasteiger partial charge in [0.1, 0.15) is 5.69 Å². The van der Waals surface area contributed by atoms with Crippen molar-refractivity contribution in [1.82, 2.24) is 19.8 Å². The number of tetrazole rings is 1. The van der Waals surface area contributed by atoms with E-state index in [1.165, 1.54) is 13.1 Å². The van der Waals surface area contributed by atoms with E-state index in [0.29, 0.717) is 5.69 Å². The molecule has 0 radical (unpaired) electrons. The maximum atomic E-state index is 14.6. The molecule has 0 fully saturated rings. The summed E-state index contributed by atoms with van der Waals surface area (Å²) >= 11 is 5.11. The number of hydrogen-bond donors (Lipinski definition) is 1. The summed E-state index contributed by atoms with van der Waals surface area (Å²) in [6.45, 7) is 1.84. The zero-order valence-electron chi connectivity index (χ0n) is 13.0. The van der Waals surface area contributed by atoms with Crippen LogP contribution in [0.4, 0.5) is 20.2 Å². The minimum Gasteiger partial charge on any atom is -0.351 e. The van der Waals surface area contributed by atoms with Crippen molar-refractivity contribution in [2.24, 2.45) is 7.05 Å². The smallest absolute Gasteiger partial charge is 0.351 e. The number of nitrogens with one attached hydrogen (secondary N) is 1. The van der Waals surface area contributed by atoms with Gasteiger partial charge in [0.2, 0.25) is 0 Å². The van der Waals surface area contributed by atoms with Gasteiger partial charge in [-0.15, -0.1) is 0 Å². The molecule has 0 atom stereocenters. The Hall–Kier alpha value is -1.82. The van der Waals surface area contributed by atoms with E-state index in [9.17, 15) is 13.6 Å². The molecule has 3 rings (SSSR count). The van der Waals surface area contributed by atoms with Gasteiger partial charge in [-0.2, -0.15) is 9.36 Å². The highest BCUT2D eigenvalue weighted by molar-refractivity contribution is 14.1. The number of rotatable bonds is 3. The standard InChI is InChI=1S/C15H11BrF2IN5O/c1-7-5-8(19)3-4-10(7)20-14-11(6-9(16)12(17)13(14)18)24-15(25)23(2)21-22-24/h3-6,20H,1-2H3. The topological polar surface area (TPSA) is 64.7 Å². The second kappa shape index (κ2) is 6.83. The molecule has 0 aliphatic rings. The third kappa shape index (κ3) is 3.32. The van der Waals surface area contributed by atoms with E-state index in [1.54, 1.807) is 6.07 Å². The number of aryl methyl sites for hydroxylation is 2. The first kappa shape index (κ1) is 18.0. The molecule has 0 saturated carbocycles. The van der Waals surface area contributed by atoms with Crippen molar-refractivity contribution in [3.05, 3.63) is 60.0 Å². The van der Waals surface area contributed by atoms with Crippen LogP contribution in [-0.4, -0.2) is 19.8 Å². The van der Waals surface area contributed by atoms with Crippen molar-refractivity contribution in [2.75, 3.05) is 5.32 Å². The third-order valence-electron chi connectivity index (χ3n) is 3.54. The molecule has 130 valence electrons. The van der Waals surface area contributed by atoms with Crippen LogP contribution in [0.3, 0.4) is 0 Å². The Balaban J connectivity index is 2.22. The van der Waals surface area contributed by atoms with E-state index in [1.807, 2.05) is 19.1 Å². The van der Waals surface area contributed by atoms with E-state index in [-0.39, 0.29) is 15.8 Å². The average molecular weight is 522 g/mol. The minimum atomic E-state index is -1.13. The predicted molar refractivity (Wildman–Crippen MR) is 101 cm³/mol. The lowest BCUT2D eigenvalue weighted by Crippen LogP contribution is -2.23. The lowest BCUT2D eigenvalue weighted by molar-refractivity contribution is 0.506. The van der Waals surface area contributed by atoms with Gasteiger partial charge in [-0.25, -0.2) is 13.6 Å². The largest absolute Gasteiger partial charge is 0.368 e. The summed E-state index contributed by atoms with van der Waals surface area (Å²) in [5.41, 5.74) is 0.682. The van der Waals surface area contributed by atoms with Crippen molar-refractivity contribution in [3.8, 4) is 5.69 Å². The fourth-order valence-corrected chi connectivity index (χ4v) is 3.27. The molecule has 2 aromatic carbocycles. The molecule has 0 aliphatic heterocycles. The molecule has 0 bridgehead atoms. The summed E-state index contributed by atoms with van der Waals surface area (Å²) in [6.07, 6.45) is 0. The molecular formula is C15H11BrF2IN5O. The lowest BCUT2D eigenvalue weighted by atomic mass is 10.1. The molecule has 0 aliphatic carbocycles. The van der Waals surface area contributed by atoms with Crippen molar-refractivity contribution in [2.45, 2.75) is 6.92 Å². The van der Waals surface area contributed by atoms with Crippen LogP contribution < -0.4 is 11.0 Å². The van der Waals surface area contributed by atoms with Crippen molar-refractivity contribution in [3.63, 3.8) is 0 Å². The van der Waals surface area contributed by atoms with Crippen LogP contribution in [0, 0.1) is 22.1 Å². The van der Waals surface area contributed by atoms with Crippen LogP contribution in [0.25, 0.3) is 5.69 Å². The van der Waals surface area contributed by atoms with Gasteiger partial charge >= 0.3 is 5.69 Å². The highest BCUT2D eigenvalue weighted by Gasteiger charge is 2.22. The van der Waals surface area contributed by atoms with E-state index >= 15 is 0 Å². The van der Waals surface area contributed by atoms with Gasteiger partial charge in [0.05, 0.1) is 10.2 Å². The Morgan fingerprint density at radius 3 is 2.52 bits per heavy atom. The number of benzene rings is 2. The van der Waals surface area contributed by atoms with Crippen LogP contribution in [0.2, 0.25) is 0 Å². The fraction of sp³-hybridized carbons (Fsp3) is 0.133. The van der Waals surface area contributed by atoms with Gasteiger partial charge in [-0.05, 0) is 85.7 Å². The Bertz CT molecular complexity index is 1030. The average Bonchev–Trinajstić information content (AvgIpc) is 2.89. The van der Waals surface area contributed by atoms with Crippen LogP contribution in [0.1, 0.15) is 5.56 Å². The first-order valence-corrected chi connectivity index (χ1v) is 8.87. The van der Waals surface area contributed by atoms with Crippen molar-refractivity contribution < 1.29 is 8.78 Å². The molecule has 0 saturated heterocycles. The number of aromatic nitrogens is 4. The van der Waals surface area contributed by atoms with Crippen LogP contribution in [0.5, 0.6) is 0 Å². The molecule has 10 heteroatoms. The fourth-order valence-electron chi connectivity index (χ4n) is 2.24. The predicted octanol–water partition coefficient (Wildman–Crippen LogP) is 3.66.